The second-order valence-corrected chi connectivity index (χ2v) is 15.9. The second kappa shape index (κ2) is 21.9. The largest absolute Gasteiger partial charge is 0.492 e. The third-order valence-corrected chi connectivity index (χ3v) is 11.5. The van der Waals surface area contributed by atoms with Gasteiger partial charge < -0.3 is 47.1 Å². The van der Waals surface area contributed by atoms with Crippen LogP contribution < -0.4 is 42.2 Å². The molecular formula is C48H56N8O7. The molecule has 1 aliphatic carbocycles. The molecule has 4 aromatic rings. The van der Waals surface area contributed by atoms with Gasteiger partial charge in [0.05, 0.1) is 12.6 Å². The van der Waals surface area contributed by atoms with Crippen LogP contribution in [0.4, 0.5) is 0 Å². The first-order valence-electron chi connectivity index (χ1n) is 21.4. The maximum Gasteiger partial charge on any atom is 0.251 e. The Morgan fingerprint density at radius 1 is 0.778 bits per heavy atom. The van der Waals surface area contributed by atoms with E-state index in [0.717, 1.165) is 11.1 Å². The zero-order chi connectivity index (χ0) is 44.9. The lowest BCUT2D eigenvalue weighted by atomic mass is 9.84. The summed E-state index contributed by atoms with van der Waals surface area (Å²) in [5.41, 5.74) is 17.3. The monoisotopic (exact) mass is 856 g/mol. The summed E-state index contributed by atoms with van der Waals surface area (Å²) in [5.74, 6) is -1.62. The standard InChI is InChI=1S/C48H56N8O7/c1-30-45(58)55-40(47(60)52-23-20-49)27-31-8-18-41(62-24-21-50)38(26-31)39-28-37(17-19-42(39)63-25-22-51)44(48(61)54-30)56(2)43(57)29-53-46(59)36-15-13-35(14-16-36)34-11-9-33(10-12-34)32-6-4-3-5-7-32/h8-19,26,28,30,32,40,44H,3-7,21-25,27,29,50-51H2,1-2H3,(H,52,60)(H,53,59)(H,54,61)(H,55,58)/t30-,40?,44?/m0/s1. The van der Waals surface area contributed by atoms with Crippen LogP contribution in [0.2, 0.25) is 0 Å². The van der Waals surface area contributed by atoms with Crippen molar-refractivity contribution in [1.82, 2.24) is 26.2 Å². The van der Waals surface area contributed by atoms with Crippen molar-refractivity contribution >= 4 is 29.5 Å². The highest BCUT2D eigenvalue weighted by Gasteiger charge is 2.33. The van der Waals surface area contributed by atoms with Gasteiger partial charge in [-0.05, 0) is 89.9 Å². The van der Waals surface area contributed by atoms with Crippen molar-refractivity contribution in [3.8, 4) is 39.8 Å². The Hall–Kier alpha value is -6.76. The van der Waals surface area contributed by atoms with Gasteiger partial charge in [-0.2, -0.15) is 5.26 Å². The highest BCUT2D eigenvalue weighted by molar-refractivity contribution is 5.98. The van der Waals surface area contributed by atoms with Crippen LogP contribution in [0.1, 0.15) is 78.0 Å². The molecule has 0 spiro atoms. The first-order valence-corrected chi connectivity index (χ1v) is 21.4. The summed E-state index contributed by atoms with van der Waals surface area (Å²) in [4.78, 5) is 69.7. The molecule has 0 radical (unpaired) electrons. The molecule has 4 aromatic carbocycles. The van der Waals surface area contributed by atoms with E-state index in [1.807, 2.05) is 18.2 Å². The van der Waals surface area contributed by atoms with Crippen molar-refractivity contribution in [3.05, 3.63) is 107 Å². The van der Waals surface area contributed by atoms with Crippen molar-refractivity contribution in [1.29, 1.82) is 5.26 Å². The summed E-state index contributed by atoms with van der Waals surface area (Å²) in [5, 5.41) is 19.7. The number of benzene rings is 4. The van der Waals surface area contributed by atoms with E-state index in [9.17, 15) is 24.0 Å². The van der Waals surface area contributed by atoms with Crippen molar-refractivity contribution < 1.29 is 33.4 Å². The van der Waals surface area contributed by atoms with Crippen LogP contribution in [0.25, 0.3) is 22.3 Å². The molecule has 3 atom stereocenters. The van der Waals surface area contributed by atoms with Gasteiger partial charge in [0.15, 0.2) is 0 Å². The van der Waals surface area contributed by atoms with Gasteiger partial charge in [-0.3, -0.25) is 24.0 Å². The van der Waals surface area contributed by atoms with Crippen LogP contribution in [0.15, 0.2) is 84.9 Å². The minimum absolute atomic E-state index is 0.0242. The third kappa shape index (κ3) is 11.6. The Morgan fingerprint density at radius 3 is 2.02 bits per heavy atom. The molecule has 1 saturated carbocycles. The van der Waals surface area contributed by atoms with E-state index < -0.39 is 54.2 Å². The molecule has 0 aromatic heterocycles. The Balaban J connectivity index is 1.27. The van der Waals surface area contributed by atoms with E-state index in [2.05, 4.69) is 45.5 Å². The normalized spacial score (nSPS) is 17.8. The number of hydrogen-bond donors (Lipinski definition) is 6. The van der Waals surface area contributed by atoms with Gasteiger partial charge in [-0.25, -0.2) is 0 Å². The minimum Gasteiger partial charge on any atom is -0.492 e. The predicted molar refractivity (Wildman–Crippen MR) is 238 cm³/mol. The Bertz CT molecular complexity index is 2300. The maximum absolute atomic E-state index is 14.3. The SMILES string of the molecule is C[C@@H]1NC(=O)C(N(C)C(=O)CNC(=O)c2ccc(-c3ccc(C4CCCCC4)cc3)cc2)c2ccc(OCCN)c(c2)-c2cc(ccc2OCCN)CC(C(=O)NCC#N)NC1=O. The summed E-state index contributed by atoms with van der Waals surface area (Å²) in [7, 11) is 1.44. The van der Waals surface area contributed by atoms with E-state index in [0.29, 0.717) is 45.2 Å². The molecule has 2 unspecified atom stereocenters. The predicted octanol–water partition coefficient (Wildman–Crippen LogP) is 3.86. The van der Waals surface area contributed by atoms with Crippen molar-refractivity contribution in [3.63, 3.8) is 0 Å². The van der Waals surface area contributed by atoms with E-state index >= 15 is 0 Å². The lowest BCUT2D eigenvalue weighted by molar-refractivity contribution is -0.139. The minimum atomic E-state index is -1.31. The van der Waals surface area contributed by atoms with Crippen LogP contribution in [0, 0.1) is 11.3 Å². The molecule has 15 heteroatoms. The number of nitrogens with two attached hydrogens (primary N) is 2. The Morgan fingerprint density at radius 2 is 1.38 bits per heavy atom. The molecule has 6 rings (SSSR count). The summed E-state index contributed by atoms with van der Waals surface area (Å²) in [6.07, 6.45) is 6.32. The highest BCUT2D eigenvalue weighted by Crippen LogP contribution is 2.40. The fraction of sp³-hybridized carbons (Fsp3) is 0.375. The quantitative estimate of drug-likeness (QED) is 0.100. The number of hydrogen-bond acceptors (Lipinski definition) is 10. The Labute approximate surface area is 367 Å². The van der Waals surface area contributed by atoms with E-state index in [1.54, 1.807) is 48.5 Å². The van der Waals surface area contributed by atoms with Gasteiger partial charge in [-0.15, -0.1) is 0 Å². The summed E-state index contributed by atoms with van der Waals surface area (Å²) in [6.45, 7) is 1.49. The topological polar surface area (TPSA) is 231 Å². The van der Waals surface area contributed by atoms with Gasteiger partial charge in [0.25, 0.3) is 5.91 Å². The van der Waals surface area contributed by atoms with Crippen molar-refractivity contribution in [2.24, 2.45) is 11.5 Å². The number of rotatable bonds is 14. The molecule has 63 heavy (non-hydrogen) atoms. The molecule has 1 heterocycles. The van der Waals surface area contributed by atoms with Crippen molar-refractivity contribution in [2.45, 2.75) is 69.5 Å². The number of nitriles is 1. The summed E-state index contributed by atoms with van der Waals surface area (Å²) in [6, 6.07) is 24.3. The van der Waals surface area contributed by atoms with Crippen LogP contribution in [-0.4, -0.2) is 93.0 Å². The van der Waals surface area contributed by atoms with Crippen LogP contribution >= 0.6 is 0 Å². The van der Waals surface area contributed by atoms with Gasteiger partial charge >= 0.3 is 0 Å². The molecule has 330 valence electrons. The molecule has 15 nitrogen and oxygen atoms in total. The fourth-order valence-corrected chi connectivity index (χ4v) is 8.06. The van der Waals surface area contributed by atoms with E-state index in [4.69, 9.17) is 26.2 Å². The smallest absolute Gasteiger partial charge is 0.251 e. The van der Waals surface area contributed by atoms with Crippen LogP contribution in [-0.2, 0) is 25.6 Å². The van der Waals surface area contributed by atoms with Crippen LogP contribution in [0.5, 0.6) is 11.5 Å². The first kappa shape index (κ1) is 45.8. The average Bonchev–Trinajstić information content (AvgIpc) is 3.31. The Kier molecular flexibility index (Phi) is 15.9. The highest BCUT2D eigenvalue weighted by atomic mass is 16.5. The zero-order valence-corrected chi connectivity index (χ0v) is 35.8. The van der Waals surface area contributed by atoms with E-state index in [-0.39, 0.29) is 39.3 Å². The van der Waals surface area contributed by atoms with Gasteiger partial charge in [0.2, 0.25) is 23.6 Å². The molecule has 1 fully saturated rings. The maximum atomic E-state index is 14.3. The van der Waals surface area contributed by atoms with E-state index in [1.165, 1.54) is 56.5 Å². The molecule has 5 amide bonds. The molecule has 1 aliphatic heterocycles. The van der Waals surface area contributed by atoms with Gasteiger partial charge in [-0.1, -0.05) is 67.8 Å². The molecule has 0 saturated heterocycles. The number of amides is 5. The lowest BCUT2D eigenvalue weighted by Crippen LogP contribution is -2.55. The first-order chi connectivity index (χ1) is 30.5. The van der Waals surface area contributed by atoms with Gasteiger partial charge in [0, 0.05) is 43.2 Å². The number of carbonyl (C=O) groups excluding carboxylic acids is 5. The number of nitrogens with zero attached hydrogens (tertiary/aromatic N) is 2. The molecule has 4 bridgehead atoms. The molecule has 8 N–H and O–H groups in total. The lowest BCUT2D eigenvalue weighted by Gasteiger charge is -2.30. The van der Waals surface area contributed by atoms with Crippen molar-refractivity contribution in [2.75, 3.05) is 46.4 Å². The molecular weight excluding hydrogens is 801 g/mol. The number of ether oxygens (including phenoxy) is 2. The average molecular weight is 857 g/mol. The fourth-order valence-electron chi connectivity index (χ4n) is 8.06. The summed E-state index contributed by atoms with van der Waals surface area (Å²) >= 11 is 0. The third-order valence-electron chi connectivity index (χ3n) is 11.5. The van der Waals surface area contributed by atoms with Crippen LogP contribution in [0.3, 0.4) is 0 Å². The second-order valence-electron chi connectivity index (χ2n) is 15.9. The summed E-state index contributed by atoms with van der Waals surface area (Å²) < 4.78 is 12.1. The number of likely N-dealkylation sites (N-methyl/N-ethyl adjacent to an activating group) is 1. The molecule has 2 aliphatic rings. The number of fused-ring (bicyclic) bond motifs is 5. The number of carbonyl (C=O) groups is 5. The zero-order valence-electron chi connectivity index (χ0n) is 35.8. The number of nitrogens with one attached hydrogen (secondary N) is 4. The van der Waals surface area contributed by atoms with Gasteiger partial charge in [0.1, 0.15) is 49.4 Å².